The van der Waals surface area contributed by atoms with Crippen LogP contribution in [-0.4, -0.2) is 108 Å². The molecule has 0 radical (unpaired) electrons. The number of phenols is 1. The number of carbonyl (C=O) groups is 3. The number of likely N-dealkylation sites (tertiary alicyclic amines) is 3. The summed E-state index contributed by atoms with van der Waals surface area (Å²) < 4.78 is 5.44. The molecule has 0 spiro atoms. The predicted molar refractivity (Wildman–Crippen MR) is 200 cm³/mol. The predicted octanol–water partition coefficient (Wildman–Crippen LogP) is 7.00. The number of para-hydroxylation sites is 1. The van der Waals surface area contributed by atoms with Crippen LogP contribution >= 0.6 is 15.9 Å². The molecule has 10 nitrogen and oxygen atoms in total. The van der Waals surface area contributed by atoms with Gasteiger partial charge in [0, 0.05) is 50.4 Å². The highest BCUT2D eigenvalue weighted by Crippen LogP contribution is 2.33. The highest BCUT2D eigenvalue weighted by Gasteiger charge is 2.33. The lowest BCUT2D eigenvalue weighted by molar-refractivity contribution is -0.136. The second kappa shape index (κ2) is 18.3. The first-order valence-electron chi connectivity index (χ1n) is 18.6. The van der Waals surface area contributed by atoms with Crippen molar-refractivity contribution in [2.45, 2.75) is 77.7 Å². The zero-order valence-corrected chi connectivity index (χ0v) is 31.7. The Hall–Kier alpha value is -3.31. The van der Waals surface area contributed by atoms with Crippen LogP contribution in [0.4, 0.5) is 15.3 Å². The van der Waals surface area contributed by atoms with Crippen LogP contribution in [0, 0.1) is 17.8 Å². The summed E-state index contributed by atoms with van der Waals surface area (Å²) in [6.07, 6.45) is 9.13. The Morgan fingerprint density at radius 1 is 0.920 bits per heavy atom. The van der Waals surface area contributed by atoms with E-state index in [1.54, 1.807) is 11.0 Å². The van der Waals surface area contributed by atoms with Crippen molar-refractivity contribution in [1.82, 2.24) is 19.6 Å². The number of hydrogen-bond acceptors (Lipinski definition) is 6. The van der Waals surface area contributed by atoms with Crippen LogP contribution in [0.1, 0.15) is 69.9 Å². The largest absolute Gasteiger partial charge is 0.507 e. The molecule has 3 saturated heterocycles. The molecule has 4 aliphatic rings. The second-order valence-corrected chi connectivity index (χ2v) is 15.3. The van der Waals surface area contributed by atoms with Gasteiger partial charge in [0.25, 0.3) is 0 Å². The van der Waals surface area contributed by atoms with Gasteiger partial charge in [-0.3, -0.25) is 4.79 Å². The number of rotatable bonds is 7. The van der Waals surface area contributed by atoms with Gasteiger partial charge in [0.2, 0.25) is 5.91 Å². The molecule has 0 aliphatic carbocycles. The number of phenolic OH excluding ortho intramolecular Hbond substituents is 1. The van der Waals surface area contributed by atoms with Crippen LogP contribution in [0.2, 0.25) is 0 Å². The lowest BCUT2D eigenvalue weighted by Gasteiger charge is -2.40. The third-order valence-corrected chi connectivity index (χ3v) is 11.8. The van der Waals surface area contributed by atoms with Crippen molar-refractivity contribution in [3.05, 3.63) is 58.1 Å². The number of urea groups is 1. The number of methoxy groups -OCH3 is 1. The molecule has 0 saturated carbocycles. The number of ether oxygens (including phenoxy) is 1. The average molecular weight is 755 g/mol. The molecule has 0 unspecified atom stereocenters. The summed E-state index contributed by atoms with van der Waals surface area (Å²) in [4.78, 5) is 45.2. The quantitative estimate of drug-likeness (QED) is 0.316. The standard InChI is InChI=1S/C23H35BrN2O2.C16H21N3O3/c1-3-10-25-11-6-19(7-12-25)20-8-13-26(14-9-20)23(28)17(2)15-18-4-5-22(27)21(24)16-18;1-22-16(21)18-9-7-13(8-10-18)19-11-6-12-4-2-3-5-14(12)17-15(19)20/h4-5,16-17,19-20,27H,3,6-15H2,1-2H3;2-5,13H,6-11H2,1H3,(H,17,20)/t17-;/m1./s1. The molecule has 1 atom stereocenters. The van der Waals surface area contributed by atoms with Crippen molar-refractivity contribution in [1.29, 1.82) is 0 Å². The normalized spacial score (nSPS) is 20.2. The monoisotopic (exact) mass is 753 g/mol. The third-order valence-electron chi connectivity index (χ3n) is 11.1. The van der Waals surface area contributed by atoms with E-state index in [1.165, 1.54) is 64.4 Å². The molecule has 3 fully saturated rings. The fraction of sp³-hybridized carbons (Fsp3) is 0.615. The number of aromatic hydroxyl groups is 1. The SMILES string of the molecule is CCCN1CCC(C2CCN(C(=O)[C@H](C)Cc3ccc(O)c(Br)c3)CC2)CC1.COC(=O)N1CCC(N2CCc3ccccc3NC2=O)CC1. The third kappa shape index (κ3) is 9.93. The number of piperidine rings is 3. The van der Waals surface area contributed by atoms with E-state index >= 15 is 0 Å². The van der Waals surface area contributed by atoms with E-state index in [1.807, 2.05) is 42.2 Å². The highest BCUT2D eigenvalue weighted by atomic mass is 79.9. The Balaban J connectivity index is 0.000000200. The van der Waals surface area contributed by atoms with Crippen LogP contribution in [0.5, 0.6) is 5.75 Å². The van der Waals surface area contributed by atoms with Crippen LogP contribution in [-0.2, 0) is 22.4 Å². The molecule has 4 heterocycles. The maximum absolute atomic E-state index is 12.9. The zero-order chi connectivity index (χ0) is 35.6. The fourth-order valence-corrected chi connectivity index (χ4v) is 8.64. The lowest BCUT2D eigenvalue weighted by atomic mass is 9.78. The minimum Gasteiger partial charge on any atom is -0.507 e. The van der Waals surface area contributed by atoms with E-state index < -0.39 is 0 Å². The summed E-state index contributed by atoms with van der Waals surface area (Å²) in [5.41, 5.74) is 3.16. The Labute approximate surface area is 306 Å². The van der Waals surface area contributed by atoms with E-state index in [9.17, 15) is 19.5 Å². The van der Waals surface area contributed by atoms with Crippen molar-refractivity contribution in [2.24, 2.45) is 17.8 Å². The fourth-order valence-electron chi connectivity index (χ4n) is 8.21. The number of carbonyl (C=O) groups excluding carboxylic acids is 3. The number of nitrogens with zero attached hydrogens (tertiary/aromatic N) is 4. The molecule has 2 aromatic carbocycles. The van der Waals surface area contributed by atoms with E-state index in [4.69, 9.17) is 4.74 Å². The lowest BCUT2D eigenvalue weighted by Crippen LogP contribution is -2.50. The van der Waals surface area contributed by atoms with Gasteiger partial charge in [-0.15, -0.1) is 0 Å². The molecular weight excluding hydrogens is 698 g/mol. The average Bonchev–Trinajstić information content (AvgIpc) is 3.31. The number of halogens is 1. The Morgan fingerprint density at radius 2 is 1.56 bits per heavy atom. The minimum atomic E-state index is -0.286. The zero-order valence-electron chi connectivity index (χ0n) is 30.1. The number of amides is 4. The molecule has 6 rings (SSSR count). The first-order chi connectivity index (χ1) is 24.2. The second-order valence-electron chi connectivity index (χ2n) is 14.5. The van der Waals surface area contributed by atoms with E-state index in [2.05, 4.69) is 44.0 Å². The number of fused-ring (bicyclic) bond motifs is 1. The Bertz CT molecular complexity index is 1430. The summed E-state index contributed by atoms with van der Waals surface area (Å²) in [5.74, 6) is 2.16. The first-order valence-corrected chi connectivity index (χ1v) is 19.4. The van der Waals surface area contributed by atoms with Gasteiger partial charge in [-0.05, 0) is 135 Å². The van der Waals surface area contributed by atoms with Gasteiger partial charge in [0.05, 0.1) is 11.6 Å². The van der Waals surface area contributed by atoms with Gasteiger partial charge in [0.15, 0.2) is 0 Å². The van der Waals surface area contributed by atoms with E-state index in [0.717, 1.165) is 55.4 Å². The van der Waals surface area contributed by atoms with Gasteiger partial charge in [0.1, 0.15) is 5.75 Å². The molecule has 0 aromatic heterocycles. The number of nitrogens with one attached hydrogen (secondary N) is 1. The molecule has 0 bridgehead atoms. The molecule has 11 heteroatoms. The summed E-state index contributed by atoms with van der Waals surface area (Å²) in [6.45, 7) is 11.9. The Kier molecular flexibility index (Phi) is 13.9. The van der Waals surface area contributed by atoms with Crippen LogP contribution in [0.25, 0.3) is 0 Å². The molecule has 4 amide bonds. The van der Waals surface area contributed by atoms with Gasteiger partial charge >= 0.3 is 12.1 Å². The summed E-state index contributed by atoms with van der Waals surface area (Å²) >= 11 is 3.36. The molecule has 274 valence electrons. The molecule has 2 aromatic rings. The molecule has 4 aliphatic heterocycles. The van der Waals surface area contributed by atoms with E-state index in [-0.39, 0.29) is 35.7 Å². The van der Waals surface area contributed by atoms with Gasteiger partial charge in [-0.2, -0.15) is 0 Å². The van der Waals surface area contributed by atoms with Crippen molar-refractivity contribution in [3.63, 3.8) is 0 Å². The number of hydrogen-bond donors (Lipinski definition) is 2. The van der Waals surface area contributed by atoms with Crippen LogP contribution in [0.15, 0.2) is 46.9 Å². The van der Waals surface area contributed by atoms with Gasteiger partial charge in [-0.1, -0.05) is 38.1 Å². The first kappa shape index (κ1) is 37.9. The topological polar surface area (TPSA) is 106 Å². The minimum absolute atomic E-state index is 0.0229. The summed E-state index contributed by atoms with van der Waals surface area (Å²) in [7, 11) is 1.40. The number of anilines is 1. The molecule has 2 N–H and O–H groups in total. The van der Waals surface area contributed by atoms with Gasteiger partial charge in [-0.25, -0.2) is 9.59 Å². The number of benzene rings is 2. The highest BCUT2D eigenvalue weighted by molar-refractivity contribution is 9.10. The smallest absolute Gasteiger partial charge is 0.409 e. The van der Waals surface area contributed by atoms with Crippen LogP contribution in [0.3, 0.4) is 0 Å². The molecular formula is C39H56BrN5O5. The van der Waals surface area contributed by atoms with Gasteiger partial charge < -0.3 is 34.8 Å². The van der Waals surface area contributed by atoms with Crippen molar-refractivity contribution in [3.8, 4) is 5.75 Å². The van der Waals surface area contributed by atoms with E-state index in [0.29, 0.717) is 30.5 Å². The van der Waals surface area contributed by atoms with Crippen molar-refractivity contribution >= 4 is 39.6 Å². The summed E-state index contributed by atoms with van der Waals surface area (Å²) in [5, 5.41) is 12.6. The van der Waals surface area contributed by atoms with Crippen molar-refractivity contribution < 1.29 is 24.2 Å². The maximum atomic E-state index is 12.9. The van der Waals surface area contributed by atoms with Crippen molar-refractivity contribution in [2.75, 3.05) is 64.8 Å². The maximum Gasteiger partial charge on any atom is 0.409 e. The Morgan fingerprint density at radius 3 is 2.20 bits per heavy atom. The van der Waals surface area contributed by atoms with Crippen LogP contribution < -0.4 is 5.32 Å². The summed E-state index contributed by atoms with van der Waals surface area (Å²) in [6, 6.07) is 13.6. The molecule has 50 heavy (non-hydrogen) atoms.